The second-order valence-electron chi connectivity index (χ2n) is 4.97. The van der Waals surface area contributed by atoms with Crippen LogP contribution in [-0.4, -0.2) is 11.9 Å². The zero-order chi connectivity index (χ0) is 18.4. The molecule has 0 radical (unpaired) electrons. The van der Waals surface area contributed by atoms with E-state index >= 15 is 0 Å². The largest absolute Gasteiger partial charge is 0.416 e. The van der Waals surface area contributed by atoms with E-state index in [4.69, 9.17) is 11.6 Å². The smallest absolute Gasteiger partial charge is 0.307 e. The molecule has 0 saturated carbocycles. The van der Waals surface area contributed by atoms with Gasteiger partial charge in [0.25, 0.3) is 0 Å². The summed E-state index contributed by atoms with van der Waals surface area (Å²) in [6, 6.07) is 9.94. The number of carbonyl (C=O) groups is 2. The zero-order valence-electron chi connectivity index (χ0n) is 12.7. The van der Waals surface area contributed by atoms with Gasteiger partial charge in [0.1, 0.15) is 0 Å². The standard InChI is InChI=1S/C16H13ClF3N3O2/c17-13-7-2-1-4-10(13)8-14(24)22-23-15(25)21-12-6-3-5-11(9-12)16(18,19)20/h1-7,9H,8H2,(H,22,24)(H2,21,23,25). The van der Waals surface area contributed by atoms with Crippen molar-refractivity contribution in [2.75, 3.05) is 5.32 Å². The number of nitrogens with one attached hydrogen (secondary N) is 3. The van der Waals surface area contributed by atoms with E-state index in [-0.39, 0.29) is 12.1 Å². The quantitative estimate of drug-likeness (QED) is 0.719. The third-order valence-electron chi connectivity index (χ3n) is 3.07. The maximum absolute atomic E-state index is 12.6. The van der Waals surface area contributed by atoms with Crippen LogP contribution in [0.15, 0.2) is 48.5 Å². The molecule has 2 aromatic rings. The van der Waals surface area contributed by atoms with Gasteiger partial charge in [-0.25, -0.2) is 10.2 Å². The van der Waals surface area contributed by atoms with Crippen LogP contribution < -0.4 is 16.2 Å². The number of carbonyl (C=O) groups excluding carboxylic acids is 2. The third kappa shape index (κ3) is 5.68. The molecule has 2 aromatic carbocycles. The first-order valence-electron chi connectivity index (χ1n) is 7.02. The summed E-state index contributed by atoms with van der Waals surface area (Å²) in [4.78, 5) is 23.4. The van der Waals surface area contributed by atoms with Crippen LogP contribution in [0.4, 0.5) is 23.7 Å². The number of benzene rings is 2. The third-order valence-corrected chi connectivity index (χ3v) is 3.44. The molecule has 5 nitrogen and oxygen atoms in total. The van der Waals surface area contributed by atoms with Crippen molar-refractivity contribution in [2.24, 2.45) is 0 Å². The van der Waals surface area contributed by atoms with Gasteiger partial charge in [-0.1, -0.05) is 35.9 Å². The van der Waals surface area contributed by atoms with Crippen LogP contribution >= 0.6 is 11.6 Å². The van der Waals surface area contributed by atoms with Crippen LogP contribution in [0, 0.1) is 0 Å². The molecule has 3 N–H and O–H groups in total. The molecule has 0 heterocycles. The minimum Gasteiger partial charge on any atom is -0.307 e. The first kappa shape index (κ1) is 18.6. The highest BCUT2D eigenvalue weighted by atomic mass is 35.5. The minimum absolute atomic E-state index is 0.0623. The molecule has 3 amide bonds. The van der Waals surface area contributed by atoms with E-state index in [2.05, 4.69) is 16.2 Å². The lowest BCUT2D eigenvalue weighted by Gasteiger charge is -2.11. The minimum atomic E-state index is -4.52. The molecule has 0 unspecified atom stereocenters. The van der Waals surface area contributed by atoms with E-state index in [0.717, 1.165) is 18.2 Å². The molecule has 0 aliphatic carbocycles. The Balaban J connectivity index is 1.87. The van der Waals surface area contributed by atoms with E-state index in [1.54, 1.807) is 24.3 Å². The Morgan fingerprint density at radius 3 is 2.40 bits per heavy atom. The van der Waals surface area contributed by atoms with Gasteiger partial charge in [0.2, 0.25) is 5.91 Å². The first-order valence-corrected chi connectivity index (χ1v) is 7.40. The average Bonchev–Trinajstić information content (AvgIpc) is 2.55. The molecule has 0 spiro atoms. The Hall–Kier alpha value is -2.74. The highest BCUT2D eigenvalue weighted by molar-refractivity contribution is 6.31. The SMILES string of the molecule is O=C(Cc1ccccc1Cl)NNC(=O)Nc1cccc(C(F)(F)F)c1. The van der Waals surface area contributed by atoms with Gasteiger partial charge in [-0.15, -0.1) is 0 Å². The molecule has 0 atom stereocenters. The van der Waals surface area contributed by atoms with E-state index in [1.165, 1.54) is 6.07 Å². The van der Waals surface area contributed by atoms with E-state index in [1.807, 2.05) is 0 Å². The van der Waals surface area contributed by atoms with Crippen LogP contribution in [0.25, 0.3) is 0 Å². The summed E-state index contributed by atoms with van der Waals surface area (Å²) in [6.07, 6.45) is -4.58. The molecule has 25 heavy (non-hydrogen) atoms. The fourth-order valence-corrected chi connectivity index (χ4v) is 2.12. The summed E-state index contributed by atoms with van der Waals surface area (Å²) in [7, 11) is 0. The van der Waals surface area contributed by atoms with Crippen molar-refractivity contribution in [3.05, 3.63) is 64.7 Å². The number of urea groups is 1. The van der Waals surface area contributed by atoms with Gasteiger partial charge in [-0.05, 0) is 29.8 Å². The molecular weight excluding hydrogens is 359 g/mol. The maximum atomic E-state index is 12.6. The number of halogens is 4. The van der Waals surface area contributed by atoms with Crippen molar-refractivity contribution in [2.45, 2.75) is 12.6 Å². The number of alkyl halides is 3. The number of hydrazine groups is 1. The molecule has 0 bridgehead atoms. The van der Waals surface area contributed by atoms with Crippen LogP contribution in [0.3, 0.4) is 0 Å². The summed E-state index contributed by atoms with van der Waals surface area (Å²) < 4.78 is 37.8. The number of anilines is 1. The number of hydrogen-bond acceptors (Lipinski definition) is 2. The average molecular weight is 372 g/mol. The van der Waals surface area contributed by atoms with Crippen molar-refractivity contribution in [1.29, 1.82) is 0 Å². The molecule has 0 aliphatic rings. The Kier molecular flexibility index (Phi) is 5.87. The predicted octanol–water partition coefficient (Wildman–Crippen LogP) is 3.75. The van der Waals surface area contributed by atoms with Crippen molar-refractivity contribution in [3.8, 4) is 0 Å². The van der Waals surface area contributed by atoms with Crippen LogP contribution in [0.2, 0.25) is 5.02 Å². The van der Waals surface area contributed by atoms with Crippen molar-refractivity contribution >= 4 is 29.2 Å². The molecule has 9 heteroatoms. The van der Waals surface area contributed by atoms with Crippen LogP contribution in [0.5, 0.6) is 0 Å². The molecule has 2 rings (SSSR count). The summed E-state index contributed by atoms with van der Waals surface area (Å²) >= 11 is 5.92. The summed E-state index contributed by atoms with van der Waals surface area (Å²) in [6.45, 7) is 0. The zero-order valence-corrected chi connectivity index (χ0v) is 13.4. The van der Waals surface area contributed by atoms with Crippen molar-refractivity contribution < 1.29 is 22.8 Å². The van der Waals surface area contributed by atoms with Crippen molar-refractivity contribution in [1.82, 2.24) is 10.9 Å². The Morgan fingerprint density at radius 2 is 1.72 bits per heavy atom. The highest BCUT2D eigenvalue weighted by Gasteiger charge is 2.30. The van der Waals surface area contributed by atoms with Gasteiger partial charge in [0.05, 0.1) is 12.0 Å². The topological polar surface area (TPSA) is 70.2 Å². The van der Waals surface area contributed by atoms with Gasteiger partial charge in [0.15, 0.2) is 0 Å². The van der Waals surface area contributed by atoms with Crippen LogP contribution in [0.1, 0.15) is 11.1 Å². The fraction of sp³-hybridized carbons (Fsp3) is 0.125. The van der Waals surface area contributed by atoms with Gasteiger partial charge >= 0.3 is 12.2 Å². The summed E-state index contributed by atoms with van der Waals surface area (Å²) in [5, 5.41) is 2.60. The summed E-state index contributed by atoms with van der Waals surface area (Å²) in [5.74, 6) is -0.535. The van der Waals surface area contributed by atoms with Gasteiger partial charge in [-0.2, -0.15) is 13.2 Å². The summed E-state index contributed by atoms with van der Waals surface area (Å²) in [5.41, 5.74) is 3.81. The Morgan fingerprint density at radius 1 is 1.00 bits per heavy atom. The lowest BCUT2D eigenvalue weighted by atomic mass is 10.1. The van der Waals surface area contributed by atoms with E-state index < -0.39 is 23.7 Å². The lowest BCUT2D eigenvalue weighted by Crippen LogP contribution is -2.44. The Labute approximate surface area is 146 Å². The second kappa shape index (κ2) is 7.89. The van der Waals surface area contributed by atoms with Gasteiger partial charge < -0.3 is 5.32 Å². The van der Waals surface area contributed by atoms with Gasteiger partial charge in [0, 0.05) is 10.7 Å². The maximum Gasteiger partial charge on any atom is 0.416 e. The monoisotopic (exact) mass is 371 g/mol. The van der Waals surface area contributed by atoms with Crippen LogP contribution in [-0.2, 0) is 17.4 Å². The van der Waals surface area contributed by atoms with Crippen molar-refractivity contribution in [3.63, 3.8) is 0 Å². The molecule has 0 aromatic heterocycles. The second-order valence-corrected chi connectivity index (χ2v) is 5.38. The lowest BCUT2D eigenvalue weighted by molar-refractivity contribution is -0.137. The molecule has 0 aliphatic heterocycles. The predicted molar refractivity (Wildman–Crippen MR) is 86.9 cm³/mol. The van der Waals surface area contributed by atoms with E-state index in [9.17, 15) is 22.8 Å². The molecule has 132 valence electrons. The first-order chi connectivity index (χ1) is 11.8. The highest BCUT2D eigenvalue weighted by Crippen LogP contribution is 2.30. The normalized spacial score (nSPS) is 10.9. The van der Waals surface area contributed by atoms with Gasteiger partial charge in [-0.3, -0.25) is 10.2 Å². The molecule has 0 fully saturated rings. The number of amides is 3. The number of rotatable bonds is 3. The molecular formula is C16H13ClF3N3O2. The molecule has 0 saturated heterocycles. The number of hydrogen-bond donors (Lipinski definition) is 3. The fourth-order valence-electron chi connectivity index (χ4n) is 1.92. The van der Waals surface area contributed by atoms with E-state index in [0.29, 0.717) is 10.6 Å². The Bertz CT molecular complexity index is 781.